The van der Waals surface area contributed by atoms with Crippen molar-refractivity contribution in [2.45, 2.75) is 13.8 Å². The maximum absolute atomic E-state index is 11.9. The van der Waals surface area contributed by atoms with Gasteiger partial charge in [-0.3, -0.25) is 4.79 Å². The lowest BCUT2D eigenvalue weighted by Crippen LogP contribution is -2.17. The summed E-state index contributed by atoms with van der Waals surface area (Å²) in [6.45, 7) is 4.50. The summed E-state index contributed by atoms with van der Waals surface area (Å²) < 4.78 is 17.6. The van der Waals surface area contributed by atoms with Crippen LogP contribution < -0.4 is 14.8 Å². The molecule has 0 atom stereocenters. The van der Waals surface area contributed by atoms with Gasteiger partial charge in [-0.2, -0.15) is 4.98 Å². The molecule has 0 spiro atoms. The molecule has 0 aliphatic carbocycles. The van der Waals surface area contributed by atoms with E-state index < -0.39 is 0 Å². The predicted molar refractivity (Wildman–Crippen MR) is 114 cm³/mol. The van der Waals surface area contributed by atoms with Crippen molar-refractivity contribution in [2.75, 3.05) is 32.8 Å². The van der Waals surface area contributed by atoms with Crippen molar-refractivity contribution >= 4 is 11.6 Å². The molecule has 1 amide bonds. The number of carbonyl (C=O) groups excluding carboxylic acids is 1. The Kier molecular flexibility index (Phi) is 7.03. The zero-order valence-electron chi connectivity index (χ0n) is 17.6. The Morgan fingerprint density at radius 1 is 1.03 bits per heavy atom. The lowest BCUT2D eigenvalue weighted by molar-refractivity contribution is -0.118. The van der Waals surface area contributed by atoms with Crippen LogP contribution in [0.1, 0.15) is 13.8 Å². The Labute approximate surface area is 175 Å². The third-order valence-electron chi connectivity index (χ3n) is 4.36. The Morgan fingerprint density at radius 3 is 2.33 bits per heavy atom. The molecule has 30 heavy (non-hydrogen) atoms. The molecular formula is C22H26N4O4. The molecule has 0 saturated heterocycles. The lowest BCUT2D eigenvalue weighted by Gasteiger charge is -2.10. The lowest BCUT2D eigenvalue weighted by atomic mass is 10.2. The first-order valence-corrected chi connectivity index (χ1v) is 9.66. The average molecular weight is 410 g/mol. The Hall–Kier alpha value is -3.39. The third-order valence-corrected chi connectivity index (χ3v) is 4.36. The van der Waals surface area contributed by atoms with Gasteiger partial charge in [-0.15, -0.1) is 5.10 Å². The molecule has 0 saturated carbocycles. The number of methoxy groups -OCH3 is 2. The molecule has 3 rings (SSSR count). The molecule has 8 heteroatoms. The molecular weight excluding hydrogens is 384 g/mol. The Bertz CT molecular complexity index is 966. The number of nitrogens with one attached hydrogen (secondary N) is 1. The van der Waals surface area contributed by atoms with Crippen molar-refractivity contribution in [1.82, 2.24) is 14.8 Å². The van der Waals surface area contributed by atoms with E-state index in [9.17, 15) is 4.79 Å². The fraction of sp³-hybridized carbons (Fsp3) is 0.318. The molecule has 0 aliphatic heterocycles. The first-order valence-electron chi connectivity index (χ1n) is 9.66. The van der Waals surface area contributed by atoms with Gasteiger partial charge >= 0.3 is 6.01 Å². The summed E-state index contributed by atoms with van der Waals surface area (Å²) in [7, 11) is 3.23. The van der Waals surface area contributed by atoms with Gasteiger partial charge in [0.15, 0.2) is 5.82 Å². The number of hydrogen-bond donors (Lipinski definition) is 1. The maximum Gasteiger partial charge on any atom is 0.336 e. The van der Waals surface area contributed by atoms with Crippen LogP contribution in [0.3, 0.4) is 0 Å². The monoisotopic (exact) mass is 410 g/mol. The number of benzene rings is 2. The van der Waals surface area contributed by atoms with Gasteiger partial charge in [0.2, 0.25) is 5.91 Å². The second-order valence-electron chi connectivity index (χ2n) is 6.89. The first kappa shape index (κ1) is 21.3. The number of anilines is 1. The maximum atomic E-state index is 11.9. The first-order chi connectivity index (χ1) is 14.5. The zero-order valence-corrected chi connectivity index (χ0v) is 17.6. The summed E-state index contributed by atoms with van der Waals surface area (Å²) in [5.41, 5.74) is 2.37. The van der Waals surface area contributed by atoms with E-state index in [0.717, 1.165) is 22.7 Å². The predicted octanol–water partition coefficient (Wildman–Crippen LogP) is 3.56. The van der Waals surface area contributed by atoms with Crippen LogP contribution in [0.2, 0.25) is 0 Å². The highest BCUT2D eigenvalue weighted by Gasteiger charge is 2.15. The number of ether oxygens (including phenoxy) is 3. The number of rotatable bonds is 9. The van der Waals surface area contributed by atoms with E-state index in [1.165, 1.54) is 0 Å². The quantitative estimate of drug-likeness (QED) is 0.543. The highest BCUT2D eigenvalue weighted by molar-refractivity contribution is 5.92. The van der Waals surface area contributed by atoms with Crippen LogP contribution in [0.25, 0.3) is 17.1 Å². The number of aromatic nitrogens is 3. The molecule has 0 radical (unpaired) electrons. The molecule has 1 aromatic heterocycles. The highest BCUT2D eigenvalue weighted by Crippen LogP contribution is 2.26. The van der Waals surface area contributed by atoms with Crippen molar-refractivity contribution in [3.05, 3.63) is 48.5 Å². The van der Waals surface area contributed by atoms with Crippen LogP contribution >= 0.6 is 0 Å². The van der Waals surface area contributed by atoms with E-state index in [1.807, 2.05) is 62.4 Å². The molecule has 0 unspecified atom stereocenters. The summed E-state index contributed by atoms with van der Waals surface area (Å²) in [4.78, 5) is 16.5. The SMILES string of the molecule is COCCOc1nc(-c2ccc(OC)cc2)n(-c2ccc(NC(=O)C(C)C)cc2)n1. The molecule has 1 heterocycles. The second-order valence-corrected chi connectivity index (χ2v) is 6.89. The van der Waals surface area contributed by atoms with Crippen LogP contribution in [-0.2, 0) is 9.53 Å². The molecule has 2 aromatic carbocycles. The van der Waals surface area contributed by atoms with E-state index >= 15 is 0 Å². The molecule has 158 valence electrons. The highest BCUT2D eigenvalue weighted by atomic mass is 16.5. The van der Waals surface area contributed by atoms with Crippen molar-refractivity contribution < 1.29 is 19.0 Å². The fourth-order valence-electron chi connectivity index (χ4n) is 2.65. The molecule has 0 fully saturated rings. The number of carbonyl (C=O) groups is 1. The zero-order chi connectivity index (χ0) is 21.5. The molecule has 3 aromatic rings. The van der Waals surface area contributed by atoms with Gasteiger partial charge in [-0.1, -0.05) is 13.8 Å². The minimum atomic E-state index is -0.0894. The number of amides is 1. The summed E-state index contributed by atoms with van der Waals surface area (Å²) in [6.07, 6.45) is 0. The number of hydrogen-bond acceptors (Lipinski definition) is 6. The van der Waals surface area contributed by atoms with Gasteiger partial charge in [0.05, 0.1) is 19.4 Å². The molecule has 0 aliphatic rings. The van der Waals surface area contributed by atoms with E-state index in [1.54, 1.807) is 18.9 Å². The van der Waals surface area contributed by atoms with E-state index in [4.69, 9.17) is 14.2 Å². The van der Waals surface area contributed by atoms with Gasteiger partial charge < -0.3 is 19.5 Å². The number of nitrogens with zero attached hydrogens (tertiary/aromatic N) is 3. The van der Waals surface area contributed by atoms with Crippen molar-refractivity contribution in [2.24, 2.45) is 5.92 Å². The largest absolute Gasteiger partial charge is 0.497 e. The summed E-state index contributed by atoms with van der Waals surface area (Å²) in [5, 5.41) is 7.38. The second kappa shape index (κ2) is 9.89. The van der Waals surface area contributed by atoms with Gasteiger partial charge in [-0.25, -0.2) is 4.68 Å². The van der Waals surface area contributed by atoms with Crippen LogP contribution in [0, 0.1) is 5.92 Å². The molecule has 1 N–H and O–H groups in total. The van der Waals surface area contributed by atoms with Crippen LogP contribution in [-0.4, -0.2) is 48.1 Å². The minimum absolute atomic E-state index is 0.0312. The summed E-state index contributed by atoms with van der Waals surface area (Å²) in [5.74, 6) is 1.26. The topological polar surface area (TPSA) is 87.5 Å². The van der Waals surface area contributed by atoms with Crippen LogP contribution in [0.4, 0.5) is 5.69 Å². The van der Waals surface area contributed by atoms with Gasteiger partial charge in [0.25, 0.3) is 0 Å². The minimum Gasteiger partial charge on any atom is -0.497 e. The van der Waals surface area contributed by atoms with E-state index in [2.05, 4.69) is 15.4 Å². The smallest absolute Gasteiger partial charge is 0.336 e. The molecule has 8 nitrogen and oxygen atoms in total. The summed E-state index contributed by atoms with van der Waals surface area (Å²) in [6, 6.07) is 15.2. The van der Waals surface area contributed by atoms with E-state index in [-0.39, 0.29) is 17.8 Å². The van der Waals surface area contributed by atoms with Crippen molar-refractivity contribution in [1.29, 1.82) is 0 Å². The van der Waals surface area contributed by atoms with Gasteiger partial charge in [-0.05, 0) is 48.5 Å². The molecule has 0 bridgehead atoms. The third kappa shape index (κ3) is 5.15. The normalized spacial score (nSPS) is 10.8. The Balaban J connectivity index is 1.92. The fourth-order valence-corrected chi connectivity index (χ4v) is 2.65. The van der Waals surface area contributed by atoms with Gasteiger partial charge in [0, 0.05) is 24.3 Å². The van der Waals surface area contributed by atoms with Crippen molar-refractivity contribution in [3.8, 4) is 28.8 Å². The average Bonchev–Trinajstić information content (AvgIpc) is 3.18. The van der Waals surface area contributed by atoms with Crippen molar-refractivity contribution in [3.63, 3.8) is 0 Å². The summed E-state index contributed by atoms with van der Waals surface area (Å²) >= 11 is 0. The van der Waals surface area contributed by atoms with E-state index in [0.29, 0.717) is 19.0 Å². The van der Waals surface area contributed by atoms with Crippen LogP contribution in [0.15, 0.2) is 48.5 Å². The Morgan fingerprint density at radius 2 is 1.73 bits per heavy atom. The standard InChI is InChI=1S/C22H26N4O4/c1-15(2)21(27)23-17-7-9-18(10-8-17)26-20(16-5-11-19(29-4)12-6-16)24-22(25-26)30-14-13-28-3/h5-12,15H,13-14H2,1-4H3,(H,23,27). The van der Waals surface area contributed by atoms with Crippen LogP contribution in [0.5, 0.6) is 11.8 Å². The van der Waals surface area contributed by atoms with Gasteiger partial charge in [0.1, 0.15) is 12.4 Å².